The summed E-state index contributed by atoms with van der Waals surface area (Å²) in [5.41, 5.74) is -1.54. The van der Waals surface area contributed by atoms with Crippen LogP contribution in [0.15, 0.2) is 46.3 Å². The van der Waals surface area contributed by atoms with Crippen molar-refractivity contribution in [3.63, 3.8) is 0 Å². The zero-order valence-corrected chi connectivity index (χ0v) is 48.6. The molecule has 0 radical (unpaired) electrons. The van der Waals surface area contributed by atoms with Gasteiger partial charge in [0.15, 0.2) is 24.5 Å². The van der Waals surface area contributed by atoms with Crippen LogP contribution in [0.3, 0.4) is 0 Å². The SMILES string of the molecule is CC/C1=C\[C@H](CO)C[C@@H](C)[C@H](O[C@H]2C[C@H](O)[C@H](O[C@H]3C[C@H](OC)[C@@H](O[C@H]4C[C@H](O)[C@H](O)[C@@H](C)O4)[C@H](C)O3)[C@@H](C)O2)[C@H](C)CCC[C@]2(C)C=C(C)[C@H](C)C[C@]23OC(=O)C(=C(O)[C@@]2(CC)[C@H]4[C@H](C=C(C)[C@@H]12)[C@@H](O)CC(=O)[C@@H]4C)C3=O. The number of methoxy groups -OCH3 is 1. The summed E-state index contributed by atoms with van der Waals surface area (Å²) in [4.78, 5) is 44.3. The van der Waals surface area contributed by atoms with Crippen molar-refractivity contribution in [2.45, 2.75) is 245 Å². The number of carbonyl (C=O) groups is 3. The Morgan fingerprint density at radius 3 is 1.97 bits per heavy atom. The third kappa shape index (κ3) is 11.1. The van der Waals surface area contributed by atoms with E-state index in [2.05, 4.69) is 26.0 Å². The standard InChI is InChI=1S/C61H94O17/c1-14-39-21-38(28-62)19-31(5)53(75-47-24-44(66)54(36(10)73-47)76-48-25-45(71-13)55(37(11)74-48)77-46-23-43(65)52(67)35(9)72-46)29(3)17-16-18-59(12)26-32(6)33(7)27-61(59)57(69)49(58(70)78-61)56(68)60(15-2)50(39)30(4)20-40-42(64)22-41(63)34(8)51(40)60/h20-21,26,29,31,33-38,40,42-48,50-55,62,64-68H,14-19,22-25,27-28H2,1-13H3/b39-21+,56-49?/t29-,31-,33-,34+,35-,36-,37+,38-,40-,42+,43+,44+,45+,46+,47+,48+,50+,51-,52-,53-,54-,55+,59-,60-,61-/m1/s1. The quantitative estimate of drug-likeness (QED) is 0.0715. The monoisotopic (exact) mass is 1100 g/mol. The van der Waals surface area contributed by atoms with Crippen LogP contribution in [0.2, 0.25) is 0 Å². The lowest BCUT2D eigenvalue weighted by Gasteiger charge is -2.56. The first-order chi connectivity index (χ1) is 36.8. The lowest BCUT2D eigenvalue weighted by molar-refractivity contribution is -0.338. The van der Waals surface area contributed by atoms with Crippen LogP contribution in [0.25, 0.3) is 0 Å². The summed E-state index contributed by atoms with van der Waals surface area (Å²) in [5.74, 6) is -5.19. The number of hydrogen-bond donors (Lipinski definition) is 6. The lowest BCUT2D eigenvalue weighted by Crippen LogP contribution is -2.57. The van der Waals surface area contributed by atoms with E-state index in [9.17, 15) is 40.2 Å². The number of aliphatic hydroxyl groups excluding tert-OH is 6. The molecule has 17 nitrogen and oxygen atoms in total. The molecule has 8 aliphatic rings. The number of esters is 1. The topological polar surface area (TPSA) is 246 Å². The number of ketones is 2. The van der Waals surface area contributed by atoms with Gasteiger partial charge in [0.2, 0.25) is 5.78 Å². The van der Waals surface area contributed by atoms with E-state index < -0.39 is 144 Å². The van der Waals surface area contributed by atoms with Crippen LogP contribution in [0, 0.1) is 58.2 Å². The number of allylic oxidation sites excluding steroid dienone is 4. The molecule has 17 heteroatoms. The molecular formula is C61H94O17. The molecule has 0 aromatic heterocycles. The van der Waals surface area contributed by atoms with Crippen molar-refractivity contribution < 1.29 is 82.9 Å². The highest BCUT2D eigenvalue weighted by atomic mass is 16.7. The van der Waals surface area contributed by atoms with Gasteiger partial charge in [-0.3, -0.25) is 9.59 Å². The highest BCUT2D eigenvalue weighted by Gasteiger charge is 2.67. The minimum Gasteiger partial charge on any atom is -0.511 e. The van der Waals surface area contributed by atoms with Crippen LogP contribution < -0.4 is 0 Å². The predicted octanol–water partition coefficient (Wildman–Crippen LogP) is 7.28. The molecule has 8 rings (SSSR count). The van der Waals surface area contributed by atoms with E-state index in [1.165, 1.54) is 0 Å². The maximum Gasteiger partial charge on any atom is 0.346 e. The first-order valence-electron chi connectivity index (χ1n) is 29.4. The maximum atomic E-state index is 15.7. The van der Waals surface area contributed by atoms with Crippen LogP contribution in [0.4, 0.5) is 0 Å². The predicted molar refractivity (Wildman–Crippen MR) is 287 cm³/mol. The van der Waals surface area contributed by atoms with Gasteiger partial charge < -0.3 is 68.5 Å². The lowest BCUT2D eigenvalue weighted by atomic mass is 9.47. The smallest absolute Gasteiger partial charge is 0.346 e. The molecule has 0 unspecified atom stereocenters. The number of hydrogen-bond acceptors (Lipinski definition) is 17. The maximum absolute atomic E-state index is 15.7. The van der Waals surface area contributed by atoms with Crippen molar-refractivity contribution in [3.8, 4) is 0 Å². The van der Waals surface area contributed by atoms with Crippen molar-refractivity contribution in [1.29, 1.82) is 0 Å². The number of rotatable bonds is 10. The molecule has 1 spiro atoms. The molecule has 4 saturated heterocycles. The van der Waals surface area contributed by atoms with Crippen molar-refractivity contribution in [3.05, 3.63) is 46.3 Å². The van der Waals surface area contributed by atoms with Gasteiger partial charge in [-0.2, -0.15) is 0 Å². The number of Topliss-reactive ketones (excluding diaryl/α,β-unsaturated/α-hetero) is 2. The number of fused-ring (bicyclic) bond motifs is 4. The Morgan fingerprint density at radius 1 is 0.744 bits per heavy atom. The van der Waals surface area contributed by atoms with Gasteiger partial charge in [-0.1, -0.05) is 89.8 Å². The summed E-state index contributed by atoms with van der Waals surface area (Å²) in [7, 11) is 1.57. The second-order valence-electron chi connectivity index (χ2n) is 25.4. The van der Waals surface area contributed by atoms with Gasteiger partial charge in [0.1, 0.15) is 35.4 Å². The molecule has 25 atom stereocenters. The minimum atomic E-state index is -1.62. The second-order valence-corrected chi connectivity index (χ2v) is 25.4. The third-order valence-corrected chi connectivity index (χ3v) is 20.3. The molecule has 4 aliphatic heterocycles. The van der Waals surface area contributed by atoms with Crippen LogP contribution >= 0.6 is 0 Å². The highest BCUT2D eigenvalue weighted by Crippen LogP contribution is 2.64. The van der Waals surface area contributed by atoms with Crippen LogP contribution in [-0.4, -0.2) is 154 Å². The molecule has 0 aromatic rings. The third-order valence-electron chi connectivity index (χ3n) is 20.3. The molecule has 440 valence electrons. The Morgan fingerprint density at radius 2 is 1.36 bits per heavy atom. The van der Waals surface area contributed by atoms with E-state index in [0.29, 0.717) is 32.1 Å². The summed E-state index contributed by atoms with van der Waals surface area (Å²) in [6.07, 6.45) is -0.691. The van der Waals surface area contributed by atoms with Crippen LogP contribution in [0.1, 0.15) is 154 Å². The summed E-state index contributed by atoms with van der Waals surface area (Å²) in [6, 6.07) is 0. The molecule has 5 fully saturated rings. The Bertz CT molecular complexity index is 2290. The van der Waals surface area contributed by atoms with Gasteiger partial charge in [-0.05, 0) is 90.4 Å². The summed E-state index contributed by atoms with van der Waals surface area (Å²) < 4.78 is 51.0. The first kappa shape index (κ1) is 61.2. The number of carbonyl (C=O) groups excluding carboxylic acids is 3. The normalized spacial score (nSPS) is 48.6. The zero-order chi connectivity index (χ0) is 57.1. The van der Waals surface area contributed by atoms with Crippen molar-refractivity contribution in [1.82, 2.24) is 0 Å². The van der Waals surface area contributed by atoms with E-state index in [1.54, 1.807) is 14.0 Å². The van der Waals surface area contributed by atoms with Crippen molar-refractivity contribution in [2.24, 2.45) is 58.2 Å². The van der Waals surface area contributed by atoms with E-state index in [4.69, 9.17) is 37.9 Å². The fourth-order valence-electron chi connectivity index (χ4n) is 16.0. The van der Waals surface area contributed by atoms with Gasteiger partial charge in [-0.15, -0.1) is 0 Å². The van der Waals surface area contributed by atoms with Crippen molar-refractivity contribution >= 4 is 17.5 Å². The van der Waals surface area contributed by atoms with Crippen molar-refractivity contribution in [2.75, 3.05) is 13.7 Å². The largest absolute Gasteiger partial charge is 0.511 e. The molecule has 4 aliphatic carbocycles. The minimum absolute atomic E-state index is 0.0414. The van der Waals surface area contributed by atoms with Gasteiger partial charge in [0.05, 0.1) is 48.8 Å². The molecule has 78 heavy (non-hydrogen) atoms. The Hall–Kier alpha value is -2.91. The zero-order valence-electron chi connectivity index (χ0n) is 48.6. The molecule has 0 aromatic carbocycles. The summed E-state index contributed by atoms with van der Waals surface area (Å²) in [6.45, 7) is 23.2. The van der Waals surface area contributed by atoms with E-state index >= 15 is 4.79 Å². The van der Waals surface area contributed by atoms with Crippen LogP contribution in [0.5, 0.6) is 0 Å². The highest BCUT2D eigenvalue weighted by molar-refractivity contribution is 6.26. The van der Waals surface area contributed by atoms with Gasteiger partial charge >= 0.3 is 5.97 Å². The first-order valence-corrected chi connectivity index (χ1v) is 29.4. The van der Waals surface area contributed by atoms with E-state index in [-0.39, 0.29) is 80.0 Å². The van der Waals surface area contributed by atoms with E-state index in [1.807, 2.05) is 68.4 Å². The molecule has 6 N–H and O–H groups in total. The Balaban J connectivity index is 1.09. The number of aliphatic hydroxyl groups is 6. The molecular weight excluding hydrogens is 1000 g/mol. The summed E-state index contributed by atoms with van der Waals surface area (Å²) in [5, 5.41) is 68.8. The second kappa shape index (κ2) is 24.1. The average Bonchev–Trinajstić information content (AvgIpc) is 3.88. The average molecular weight is 1100 g/mol. The van der Waals surface area contributed by atoms with Crippen LogP contribution in [-0.2, 0) is 52.3 Å². The molecule has 4 heterocycles. The summed E-state index contributed by atoms with van der Waals surface area (Å²) >= 11 is 0. The Labute approximate surface area is 462 Å². The molecule has 1 saturated carbocycles. The van der Waals surface area contributed by atoms with Gasteiger partial charge in [-0.25, -0.2) is 4.79 Å². The molecule has 2 bridgehead atoms. The van der Waals surface area contributed by atoms with E-state index in [0.717, 1.165) is 16.7 Å². The number of ether oxygens (including phenoxy) is 8. The van der Waals surface area contributed by atoms with Gasteiger partial charge in [0.25, 0.3) is 0 Å². The Kier molecular flexibility index (Phi) is 18.9. The fourth-order valence-corrected chi connectivity index (χ4v) is 16.0. The molecule has 0 amide bonds. The van der Waals surface area contributed by atoms with Gasteiger partial charge in [0, 0.05) is 80.3 Å². The fraction of sp³-hybridized carbons (Fsp3) is 0.820.